The molecule has 2 N–H and O–H groups in total. The Morgan fingerprint density at radius 3 is 2.15 bits per heavy atom. The van der Waals surface area contributed by atoms with E-state index in [1.54, 1.807) is 24.3 Å². The van der Waals surface area contributed by atoms with E-state index >= 15 is 0 Å². The average molecular weight is 364 g/mol. The zero-order valence-corrected chi connectivity index (χ0v) is 16.3. The van der Waals surface area contributed by atoms with Crippen molar-refractivity contribution < 1.29 is 9.59 Å². The molecule has 1 saturated carbocycles. The Balaban J connectivity index is 1.56. The van der Waals surface area contributed by atoms with Crippen molar-refractivity contribution in [1.82, 2.24) is 5.32 Å². The van der Waals surface area contributed by atoms with E-state index in [9.17, 15) is 9.59 Å². The van der Waals surface area contributed by atoms with E-state index in [0.717, 1.165) is 30.5 Å². The van der Waals surface area contributed by atoms with Gasteiger partial charge in [0.1, 0.15) is 0 Å². The van der Waals surface area contributed by atoms with Crippen molar-refractivity contribution in [3.05, 3.63) is 65.2 Å². The molecule has 4 nitrogen and oxygen atoms in total. The summed E-state index contributed by atoms with van der Waals surface area (Å²) in [5.74, 6) is 0.751. The Morgan fingerprint density at radius 2 is 1.59 bits per heavy atom. The average Bonchev–Trinajstić information content (AvgIpc) is 3.47. The van der Waals surface area contributed by atoms with Gasteiger partial charge in [-0.25, -0.2) is 0 Å². The van der Waals surface area contributed by atoms with Gasteiger partial charge in [0.25, 0.3) is 5.91 Å². The van der Waals surface area contributed by atoms with E-state index in [0.29, 0.717) is 11.5 Å². The number of carbonyl (C=O) groups is 2. The van der Waals surface area contributed by atoms with E-state index in [1.165, 1.54) is 5.56 Å². The molecule has 0 aromatic heterocycles. The zero-order valence-electron chi connectivity index (χ0n) is 16.3. The molecule has 1 aliphatic carbocycles. The van der Waals surface area contributed by atoms with Crippen LogP contribution in [-0.4, -0.2) is 11.8 Å². The maximum absolute atomic E-state index is 12.5. The molecule has 2 amide bonds. The Kier molecular flexibility index (Phi) is 5.94. The first kappa shape index (κ1) is 19.2. The lowest BCUT2D eigenvalue weighted by Gasteiger charge is -2.15. The van der Waals surface area contributed by atoms with Gasteiger partial charge < -0.3 is 10.6 Å². The van der Waals surface area contributed by atoms with Gasteiger partial charge in [-0.2, -0.15) is 0 Å². The minimum Gasteiger partial charge on any atom is -0.346 e. The first-order chi connectivity index (χ1) is 12.9. The Bertz CT molecular complexity index is 790. The van der Waals surface area contributed by atoms with Gasteiger partial charge in [-0.05, 0) is 67.5 Å². The van der Waals surface area contributed by atoms with Crippen LogP contribution in [-0.2, 0) is 11.2 Å². The number of carbonyl (C=O) groups excluding carboxylic acids is 2. The summed E-state index contributed by atoms with van der Waals surface area (Å²) in [6, 6.07) is 15.4. The summed E-state index contributed by atoms with van der Waals surface area (Å²) in [6.45, 7) is 6.40. The lowest BCUT2D eigenvalue weighted by Crippen LogP contribution is -2.26. The van der Waals surface area contributed by atoms with Gasteiger partial charge in [-0.3, -0.25) is 9.59 Å². The quantitative estimate of drug-likeness (QED) is 0.746. The van der Waals surface area contributed by atoms with Crippen LogP contribution in [0.4, 0.5) is 5.69 Å². The molecule has 3 rings (SSSR count). The van der Waals surface area contributed by atoms with Crippen molar-refractivity contribution in [3.8, 4) is 0 Å². The molecule has 142 valence electrons. The van der Waals surface area contributed by atoms with Gasteiger partial charge in [0.2, 0.25) is 5.91 Å². The highest BCUT2D eigenvalue weighted by atomic mass is 16.2. The molecule has 1 atom stereocenters. The number of amides is 2. The molecule has 0 radical (unpaired) electrons. The van der Waals surface area contributed by atoms with Crippen LogP contribution in [0.2, 0.25) is 0 Å². The summed E-state index contributed by atoms with van der Waals surface area (Å²) in [6.07, 6.45) is 3.01. The number of rotatable bonds is 7. The molecule has 2 aromatic rings. The van der Waals surface area contributed by atoms with Crippen molar-refractivity contribution in [2.75, 3.05) is 5.32 Å². The van der Waals surface area contributed by atoms with Gasteiger partial charge in [0.05, 0.1) is 6.04 Å². The number of anilines is 1. The molecule has 0 saturated heterocycles. The highest BCUT2D eigenvalue weighted by Gasteiger charge is 2.29. The van der Waals surface area contributed by atoms with Crippen LogP contribution in [0.25, 0.3) is 0 Å². The van der Waals surface area contributed by atoms with Crippen LogP contribution < -0.4 is 10.6 Å². The molecule has 0 aliphatic heterocycles. The first-order valence-corrected chi connectivity index (χ1v) is 9.73. The topological polar surface area (TPSA) is 58.2 Å². The largest absolute Gasteiger partial charge is 0.346 e. The molecule has 4 heteroatoms. The van der Waals surface area contributed by atoms with E-state index < -0.39 is 0 Å². The molecule has 27 heavy (non-hydrogen) atoms. The summed E-state index contributed by atoms with van der Waals surface area (Å²) in [7, 11) is 0. The standard InChI is InChI=1S/C23H28N2O2/c1-15(2)14-17-4-6-18(7-5-17)16(3)24-22(26)20-10-12-21(13-11-20)25-23(27)19-8-9-19/h4-7,10-13,15-16,19H,8-9,14H2,1-3H3,(H,24,26)(H,25,27). The third-order valence-corrected chi connectivity index (χ3v) is 4.83. The summed E-state index contributed by atoms with van der Waals surface area (Å²) in [4.78, 5) is 24.3. The predicted molar refractivity (Wildman–Crippen MR) is 109 cm³/mol. The number of nitrogens with one attached hydrogen (secondary N) is 2. The van der Waals surface area contributed by atoms with E-state index in [4.69, 9.17) is 0 Å². The summed E-state index contributed by atoms with van der Waals surface area (Å²) in [5, 5.41) is 5.92. The van der Waals surface area contributed by atoms with Crippen molar-refractivity contribution in [1.29, 1.82) is 0 Å². The van der Waals surface area contributed by atoms with E-state index in [-0.39, 0.29) is 23.8 Å². The van der Waals surface area contributed by atoms with Crippen LogP contribution in [0, 0.1) is 11.8 Å². The second kappa shape index (κ2) is 8.38. The van der Waals surface area contributed by atoms with Gasteiger partial charge in [-0.1, -0.05) is 38.1 Å². The molecule has 0 spiro atoms. The van der Waals surface area contributed by atoms with Crippen molar-refractivity contribution >= 4 is 17.5 Å². The molecule has 1 aliphatic rings. The minimum absolute atomic E-state index is 0.0696. The smallest absolute Gasteiger partial charge is 0.251 e. The highest BCUT2D eigenvalue weighted by Crippen LogP contribution is 2.30. The zero-order chi connectivity index (χ0) is 19.4. The molecular formula is C23H28N2O2. The maximum atomic E-state index is 12.5. The van der Waals surface area contributed by atoms with Gasteiger partial charge in [0, 0.05) is 17.2 Å². The molecule has 0 bridgehead atoms. The summed E-state index contributed by atoms with van der Waals surface area (Å²) >= 11 is 0. The van der Waals surface area contributed by atoms with Crippen LogP contribution in [0.15, 0.2) is 48.5 Å². The van der Waals surface area contributed by atoms with Gasteiger partial charge >= 0.3 is 0 Å². The van der Waals surface area contributed by atoms with Gasteiger partial charge in [-0.15, -0.1) is 0 Å². The Hall–Kier alpha value is -2.62. The van der Waals surface area contributed by atoms with Crippen molar-refractivity contribution in [2.45, 2.75) is 46.1 Å². The number of hydrogen-bond acceptors (Lipinski definition) is 2. The normalized spacial score (nSPS) is 14.7. The van der Waals surface area contributed by atoms with Crippen molar-refractivity contribution in [3.63, 3.8) is 0 Å². The lowest BCUT2D eigenvalue weighted by molar-refractivity contribution is -0.117. The third kappa shape index (κ3) is 5.43. The van der Waals surface area contributed by atoms with Crippen LogP contribution >= 0.6 is 0 Å². The van der Waals surface area contributed by atoms with E-state index in [1.807, 2.05) is 6.92 Å². The van der Waals surface area contributed by atoms with Crippen LogP contribution in [0.1, 0.15) is 61.1 Å². The summed E-state index contributed by atoms with van der Waals surface area (Å²) < 4.78 is 0. The molecule has 1 fully saturated rings. The SMILES string of the molecule is CC(C)Cc1ccc(C(C)NC(=O)c2ccc(NC(=O)C3CC3)cc2)cc1. The van der Waals surface area contributed by atoms with E-state index in [2.05, 4.69) is 48.7 Å². The fourth-order valence-corrected chi connectivity index (χ4v) is 3.07. The Labute approximate surface area is 161 Å². The minimum atomic E-state index is -0.117. The second-order valence-electron chi connectivity index (χ2n) is 7.88. The number of hydrogen-bond donors (Lipinski definition) is 2. The summed E-state index contributed by atoms with van der Waals surface area (Å²) in [5.41, 5.74) is 3.72. The maximum Gasteiger partial charge on any atom is 0.251 e. The number of benzene rings is 2. The third-order valence-electron chi connectivity index (χ3n) is 4.83. The molecule has 1 unspecified atom stereocenters. The molecular weight excluding hydrogens is 336 g/mol. The van der Waals surface area contributed by atoms with Crippen LogP contribution in [0.3, 0.4) is 0 Å². The highest BCUT2D eigenvalue weighted by molar-refractivity contribution is 5.96. The molecule has 0 heterocycles. The lowest BCUT2D eigenvalue weighted by atomic mass is 10.00. The fourth-order valence-electron chi connectivity index (χ4n) is 3.07. The van der Waals surface area contributed by atoms with Crippen LogP contribution in [0.5, 0.6) is 0 Å². The second-order valence-corrected chi connectivity index (χ2v) is 7.88. The Morgan fingerprint density at radius 1 is 0.963 bits per heavy atom. The molecule has 2 aromatic carbocycles. The monoisotopic (exact) mass is 364 g/mol. The predicted octanol–water partition coefficient (Wildman–Crippen LogP) is 4.72. The first-order valence-electron chi connectivity index (χ1n) is 9.73. The van der Waals surface area contributed by atoms with Gasteiger partial charge in [0.15, 0.2) is 0 Å². The fraction of sp³-hybridized carbons (Fsp3) is 0.391. The van der Waals surface area contributed by atoms with Crippen molar-refractivity contribution in [2.24, 2.45) is 11.8 Å².